The normalized spacial score (nSPS) is 17.0. The highest BCUT2D eigenvalue weighted by Gasteiger charge is 2.29. The zero-order valence-corrected chi connectivity index (χ0v) is 18.9. The number of fused-ring (bicyclic) bond motifs is 1. The first-order valence-electron chi connectivity index (χ1n) is 10.8. The predicted molar refractivity (Wildman–Crippen MR) is 125 cm³/mol. The topological polar surface area (TPSA) is 97.0 Å². The fourth-order valence-electron chi connectivity index (χ4n) is 4.31. The van der Waals surface area contributed by atoms with E-state index in [1.54, 1.807) is 36.1 Å². The molecule has 4 rings (SSSR count). The maximum absolute atomic E-state index is 12.9. The predicted octanol–water partition coefficient (Wildman–Crippen LogP) is 4.59. The average Bonchev–Trinajstić information content (AvgIpc) is 2.78. The number of benzene rings is 2. The summed E-state index contributed by atoms with van der Waals surface area (Å²) in [4.78, 5) is 37.8. The van der Waals surface area contributed by atoms with Gasteiger partial charge in [-0.25, -0.2) is 4.79 Å². The highest BCUT2D eigenvalue weighted by molar-refractivity contribution is 6.33. The number of carboxylic acids is 1. The van der Waals surface area contributed by atoms with Gasteiger partial charge in [0.2, 0.25) is 0 Å². The molecule has 1 aliphatic rings. The van der Waals surface area contributed by atoms with Crippen LogP contribution in [0, 0.1) is 5.92 Å². The average molecular weight is 470 g/mol. The van der Waals surface area contributed by atoms with Gasteiger partial charge in [-0.1, -0.05) is 29.8 Å². The summed E-state index contributed by atoms with van der Waals surface area (Å²) in [5.74, 6) is -0.712. The number of carbonyl (C=O) groups is 2. The van der Waals surface area contributed by atoms with E-state index in [0.29, 0.717) is 40.4 Å². The lowest BCUT2D eigenvalue weighted by molar-refractivity contribution is -0.143. The highest BCUT2D eigenvalue weighted by atomic mass is 35.5. The van der Waals surface area contributed by atoms with E-state index in [1.165, 1.54) is 6.07 Å². The largest absolute Gasteiger partial charge is 0.481 e. The Morgan fingerprint density at radius 2 is 2.00 bits per heavy atom. The summed E-state index contributed by atoms with van der Waals surface area (Å²) in [6.45, 7) is 2.65. The lowest BCUT2D eigenvalue weighted by Gasteiger charge is -2.33. The van der Waals surface area contributed by atoms with Crippen LogP contribution >= 0.6 is 11.6 Å². The SMILES string of the molecule is CC(Oc1ccc2c(-c3ccccc3Cl)cc(=O)oc2c1)C(=O)N1CCC[C@H](CC(=O)O)C1. The number of hydrogen-bond donors (Lipinski definition) is 1. The summed E-state index contributed by atoms with van der Waals surface area (Å²) >= 11 is 6.33. The monoisotopic (exact) mass is 469 g/mol. The molecular weight excluding hydrogens is 446 g/mol. The molecule has 1 aliphatic heterocycles. The van der Waals surface area contributed by atoms with Crippen molar-refractivity contribution in [2.24, 2.45) is 5.92 Å². The van der Waals surface area contributed by atoms with Gasteiger partial charge in [-0.05, 0) is 43.9 Å². The number of ether oxygens (including phenoxy) is 1. The first-order chi connectivity index (χ1) is 15.8. The van der Waals surface area contributed by atoms with Crippen LogP contribution in [0.2, 0.25) is 5.02 Å². The number of piperidine rings is 1. The van der Waals surface area contributed by atoms with Crippen molar-refractivity contribution in [1.29, 1.82) is 0 Å². The molecule has 33 heavy (non-hydrogen) atoms. The van der Waals surface area contributed by atoms with E-state index in [0.717, 1.165) is 18.4 Å². The van der Waals surface area contributed by atoms with E-state index in [9.17, 15) is 14.4 Å². The van der Waals surface area contributed by atoms with Gasteiger partial charge in [0.05, 0.1) is 0 Å². The smallest absolute Gasteiger partial charge is 0.336 e. The van der Waals surface area contributed by atoms with Crippen molar-refractivity contribution >= 4 is 34.4 Å². The number of rotatable bonds is 6. The molecule has 3 aromatic rings. The zero-order valence-electron chi connectivity index (χ0n) is 18.1. The standard InChI is InChI=1S/C25H24ClNO6/c1-15(25(31)27-10-4-5-16(14-27)11-23(28)29)32-17-8-9-19-20(13-24(30)33-22(19)12-17)18-6-2-3-7-21(18)26/h2-3,6-9,12-13,15-16H,4-5,10-11,14H2,1H3,(H,28,29)/t15?,16-/m1/s1. The van der Waals surface area contributed by atoms with Gasteiger partial charge in [-0.15, -0.1) is 0 Å². The van der Waals surface area contributed by atoms with Gasteiger partial charge in [-0.2, -0.15) is 0 Å². The summed E-state index contributed by atoms with van der Waals surface area (Å²) in [5.41, 5.74) is 1.18. The van der Waals surface area contributed by atoms with Gasteiger partial charge in [0.15, 0.2) is 6.10 Å². The van der Waals surface area contributed by atoms with Crippen LogP contribution in [0.4, 0.5) is 0 Å². The van der Waals surface area contributed by atoms with E-state index in [2.05, 4.69) is 0 Å². The highest BCUT2D eigenvalue weighted by Crippen LogP contribution is 2.34. The zero-order chi connectivity index (χ0) is 23.5. The van der Waals surface area contributed by atoms with Crippen molar-refractivity contribution in [3.8, 4) is 16.9 Å². The number of carbonyl (C=O) groups excluding carboxylic acids is 1. The maximum Gasteiger partial charge on any atom is 0.336 e. The summed E-state index contributed by atoms with van der Waals surface area (Å²) in [6, 6.07) is 13.7. The van der Waals surface area contributed by atoms with Crippen molar-refractivity contribution in [2.45, 2.75) is 32.3 Å². The molecule has 0 radical (unpaired) electrons. The second kappa shape index (κ2) is 9.67. The Morgan fingerprint density at radius 3 is 2.76 bits per heavy atom. The van der Waals surface area contributed by atoms with Crippen molar-refractivity contribution in [2.75, 3.05) is 13.1 Å². The molecule has 7 nitrogen and oxygen atoms in total. The van der Waals surface area contributed by atoms with Gasteiger partial charge >= 0.3 is 11.6 Å². The van der Waals surface area contributed by atoms with Gasteiger partial charge < -0.3 is 19.2 Å². The second-order valence-electron chi connectivity index (χ2n) is 8.27. The molecule has 1 unspecified atom stereocenters. The van der Waals surface area contributed by atoms with Crippen LogP contribution in [0.15, 0.2) is 57.7 Å². The Balaban J connectivity index is 1.54. The van der Waals surface area contributed by atoms with E-state index in [1.807, 2.05) is 18.2 Å². The number of nitrogens with zero attached hydrogens (tertiary/aromatic N) is 1. The molecule has 1 saturated heterocycles. The molecule has 1 N–H and O–H groups in total. The van der Waals surface area contributed by atoms with Crippen molar-refractivity contribution < 1.29 is 23.8 Å². The molecule has 2 heterocycles. The summed E-state index contributed by atoms with van der Waals surface area (Å²) in [7, 11) is 0. The Kier molecular flexibility index (Phi) is 6.70. The summed E-state index contributed by atoms with van der Waals surface area (Å²) in [6.07, 6.45) is 0.839. The van der Waals surface area contributed by atoms with Crippen molar-refractivity contribution in [1.82, 2.24) is 4.90 Å². The number of likely N-dealkylation sites (tertiary alicyclic amines) is 1. The fourth-order valence-corrected chi connectivity index (χ4v) is 4.55. The van der Waals surface area contributed by atoms with Gasteiger partial charge in [-0.3, -0.25) is 9.59 Å². The molecule has 1 fully saturated rings. The number of aliphatic carboxylic acids is 1. The first-order valence-corrected chi connectivity index (χ1v) is 11.2. The number of hydrogen-bond acceptors (Lipinski definition) is 5. The van der Waals surface area contributed by atoms with Crippen LogP contribution in [0.5, 0.6) is 5.75 Å². The molecule has 1 aromatic heterocycles. The third-order valence-electron chi connectivity index (χ3n) is 5.83. The van der Waals surface area contributed by atoms with E-state index >= 15 is 0 Å². The van der Waals surface area contributed by atoms with Crippen LogP contribution in [0.25, 0.3) is 22.1 Å². The Labute approximate surface area is 195 Å². The van der Waals surface area contributed by atoms with Gasteiger partial charge in [0.1, 0.15) is 11.3 Å². The lowest BCUT2D eigenvalue weighted by atomic mass is 9.94. The molecule has 0 aliphatic carbocycles. The Bertz CT molecular complexity index is 1250. The molecule has 8 heteroatoms. The van der Waals surface area contributed by atoms with Gasteiger partial charge in [0, 0.05) is 53.2 Å². The third-order valence-corrected chi connectivity index (χ3v) is 6.16. The molecule has 1 amide bonds. The lowest BCUT2D eigenvalue weighted by Crippen LogP contribution is -2.46. The molecule has 2 atom stereocenters. The summed E-state index contributed by atoms with van der Waals surface area (Å²) in [5, 5.41) is 10.3. The minimum atomic E-state index is -0.854. The number of carboxylic acid groups (broad SMARTS) is 1. The molecule has 0 spiro atoms. The van der Waals surface area contributed by atoms with Crippen LogP contribution in [-0.4, -0.2) is 41.1 Å². The van der Waals surface area contributed by atoms with Crippen LogP contribution in [-0.2, 0) is 9.59 Å². The molecular formula is C25H24ClNO6. The minimum absolute atomic E-state index is 0.0504. The maximum atomic E-state index is 12.9. The Morgan fingerprint density at radius 1 is 1.21 bits per heavy atom. The fraction of sp³-hybridized carbons (Fsp3) is 0.320. The molecule has 0 bridgehead atoms. The van der Waals surface area contributed by atoms with E-state index < -0.39 is 17.7 Å². The quantitative estimate of drug-likeness (QED) is 0.530. The molecule has 172 valence electrons. The number of amides is 1. The summed E-state index contributed by atoms with van der Waals surface area (Å²) < 4.78 is 11.3. The Hall–Kier alpha value is -3.32. The van der Waals surface area contributed by atoms with Crippen LogP contribution < -0.4 is 10.4 Å². The van der Waals surface area contributed by atoms with Crippen molar-refractivity contribution in [3.63, 3.8) is 0 Å². The van der Waals surface area contributed by atoms with E-state index in [-0.39, 0.29) is 18.2 Å². The molecule has 2 aromatic carbocycles. The van der Waals surface area contributed by atoms with Crippen LogP contribution in [0.1, 0.15) is 26.2 Å². The third kappa shape index (κ3) is 5.20. The number of halogens is 1. The molecule has 0 saturated carbocycles. The second-order valence-corrected chi connectivity index (χ2v) is 8.67. The van der Waals surface area contributed by atoms with Gasteiger partial charge in [0.25, 0.3) is 5.91 Å². The van der Waals surface area contributed by atoms with E-state index in [4.69, 9.17) is 25.9 Å². The first kappa shape index (κ1) is 22.9. The minimum Gasteiger partial charge on any atom is -0.481 e. The van der Waals surface area contributed by atoms with Crippen LogP contribution in [0.3, 0.4) is 0 Å². The van der Waals surface area contributed by atoms with Crippen molar-refractivity contribution in [3.05, 3.63) is 64.0 Å².